The van der Waals surface area contributed by atoms with E-state index in [1.165, 1.54) is 45.6 Å². The molecule has 0 radical (unpaired) electrons. The Hall–Kier alpha value is -0.160. The molecule has 0 bridgehead atoms. The van der Waals surface area contributed by atoms with E-state index in [0.29, 0.717) is 6.04 Å². The van der Waals surface area contributed by atoms with E-state index in [2.05, 4.69) is 42.8 Å². The maximum absolute atomic E-state index is 9.57. The maximum Gasteiger partial charge on any atom is 0.0610 e. The molecular formula is C17H37N3O. The van der Waals surface area contributed by atoms with Crippen LogP contribution in [-0.2, 0) is 0 Å². The number of hydrogen-bond acceptors (Lipinski definition) is 4. The zero-order valence-corrected chi connectivity index (χ0v) is 14.7. The van der Waals surface area contributed by atoms with Gasteiger partial charge >= 0.3 is 0 Å². The van der Waals surface area contributed by atoms with Gasteiger partial charge in [-0.15, -0.1) is 0 Å². The predicted molar refractivity (Wildman–Crippen MR) is 90.8 cm³/mol. The Kier molecular flexibility index (Phi) is 8.79. The van der Waals surface area contributed by atoms with E-state index in [1.807, 2.05) is 0 Å². The molecule has 0 spiro atoms. The molecule has 2 unspecified atom stereocenters. The summed E-state index contributed by atoms with van der Waals surface area (Å²) >= 11 is 0. The summed E-state index contributed by atoms with van der Waals surface area (Å²) in [5, 5.41) is 13.1. The minimum atomic E-state index is -0.0930. The number of piperazine rings is 1. The quantitative estimate of drug-likeness (QED) is 0.605. The first kappa shape index (κ1) is 18.9. The third kappa shape index (κ3) is 6.64. The molecular weight excluding hydrogens is 262 g/mol. The fourth-order valence-electron chi connectivity index (χ4n) is 3.24. The second kappa shape index (κ2) is 9.78. The lowest BCUT2D eigenvalue weighted by atomic mass is 9.95. The van der Waals surface area contributed by atoms with Crippen molar-refractivity contribution in [2.45, 2.75) is 65.0 Å². The molecule has 4 heteroatoms. The Labute approximate surface area is 131 Å². The Bertz CT molecular complexity index is 275. The van der Waals surface area contributed by atoms with Gasteiger partial charge in [0.1, 0.15) is 0 Å². The average molecular weight is 300 g/mol. The van der Waals surface area contributed by atoms with Crippen molar-refractivity contribution in [3.63, 3.8) is 0 Å². The van der Waals surface area contributed by atoms with Gasteiger partial charge in [-0.3, -0.25) is 4.90 Å². The average Bonchev–Trinajstić information content (AvgIpc) is 2.50. The van der Waals surface area contributed by atoms with Crippen LogP contribution in [0.25, 0.3) is 0 Å². The molecule has 0 aromatic heterocycles. The predicted octanol–water partition coefficient (Wildman–Crippen LogP) is 1.93. The van der Waals surface area contributed by atoms with Crippen LogP contribution >= 0.6 is 0 Å². The van der Waals surface area contributed by atoms with E-state index in [4.69, 9.17) is 0 Å². The zero-order chi connectivity index (χ0) is 15.7. The first-order valence-corrected chi connectivity index (χ1v) is 8.87. The van der Waals surface area contributed by atoms with Gasteiger partial charge in [0.05, 0.1) is 6.61 Å². The molecule has 1 rings (SSSR count). The number of rotatable bonds is 10. The summed E-state index contributed by atoms with van der Waals surface area (Å²) in [5.41, 5.74) is -0.0930. The highest BCUT2D eigenvalue weighted by Gasteiger charge is 2.23. The highest BCUT2D eigenvalue weighted by molar-refractivity contribution is 4.82. The van der Waals surface area contributed by atoms with Gasteiger partial charge < -0.3 is 15.3 Å². The minimum Gasteiger partial charge on any atom is -0.394 e. The van der Waals surface area contributed by atoms with Crippen molar-refractivity contribution in [3.8, 4) is 0 Å². The molecule has 1 saturated heterocycles. The summed E-state index contributed by atoms with van der Waals surface area (Å²) in [6.07, 6.45) is 4.61. The first-order chi connectivity index (χ1) is 10.0. The van der Waals surface area contributed by atoms with E-state index in [0.717, 1.165) is 19.4 Å². The van der Waals surface area contributed by atoms with Crippen LogP contribution in [0.4, 0.5) is 0 Å². The highest BCUT2D eigenvalue weighted by Crippen LogP contribution is 2.15. The molecule has 126 valence electrons. The summed E-state index contributed by atoms with van der Waals surface area (Å²) < 4.78 is 0. The van der Waals surface area contributed by atoms with Crippen molar-refractivity contribution in [3.05, 3.63) is 0 Å². The second-order valence-electron chi connectivity index (χ2n) is 6.88. The molecule has 0 amide bonds. The topological polar surface area (TPSA) is 38.7 Å². The van der Waals surface area contributed by atoms with Gasteiger partial charge in [-0.1, -0.05) is 20.3 Å². The van der Waals surface area contributed by atoms with E-state index in [-0.39, 0.29) is 12.1 Å². The van der Waals surface area contributed by atoms with Crippen molar-refractivity contribution < 1.29 is 5.11 Å². The van der Waals surface area contributed by atoms with Crippen LogP contribution in [0.2, 0.25) is 0 Å². The largest absolute Gasteiger partial charge is 0.394 e. The standard InChI is InChI=1S/C17H37N3O/c1-5-10-18-17(4,15-21)9-7-8-11-19-12-13-20(6-2)16(3)14-19/h16,18,21H,5-15H2,1-4H3. The van der Waals surface area contributed by atoms with Crippen LogP contribution in [0.1, 0.15) is 53.4 Å². The molecule has 1 heterocycles. The molecule has 21 heavy (non-hydrogen) atoms. The van der Waals surface area contributed by atoms with Crippen LogP contribution in [0.5, 0.6) is 0 Å². The Morgan fingerprint density at radius 3 is 2.57 bits per heavy atom. The van der Waals surface area contributed by atoms with Gasteiger partial charge in [0, 0.05) is 31.2 Å². The molecule has 0 aliphatic carbocycles. The number of nitrogens with one attached hydrogen (secondary N) is 1. The second-order valence-corrected chi connectivity index (χ2v) is 6.88. The molecule has 0 aromatic carbocycles. The minimum absolute atomic E-state index is 0.0930. The van der Waals surface area contributed by atoms with Crippen molar-refractivity contribution in [2.75, 3.05) is 45.9 Å². The highest BCUT2D eigenvalue weighted by atomic mass is 16.3. The van der Waals surface area contributed by atoms with Crippen molar-refractivity contribution >= 4 is 0 Å². The number of aliphatic hydroxyl groups excluding tert-OH is 1. The molecule has 0 aromatic rings. The summed E-state index contributed by atoms with van der Waals surface area (Å²) in [5.74, 6) is 0. The molecule has 4 nitrogen and oxygen atoms in total. The summed E-state index contributed by atoms with van der Waals surface area (Å²) in [7, 11) is 0. The van der Waals surface area contributed by atoms with Crippen LogP contribution in [0.3, 0.4) is 0 Å². The van der Waals surface area contributed by atoms with Crippen molar-refractivity contribution in [1.82, 2.24) is 15.1 Å². The van der Waals surface area contributed by atoms with Crippen LogP contribution < -0.4 is 5.32 Å². The van der Waals surface area contributed by atoms with Crippen LogP contribution in [0, 0.1) is 0 Å². The number of hydrogen-bond donors (Lipinski definition) is 2. The van der Waals surface area contributed by atoms with E-state index in [1.54, 1.807) is 0 Å². The summed E-state index contributed by atoms with van der Waals surface area (Å²) in [4.78, 5) is 5.17. The van der Waals surface area contributed by atoms with E-state index >= 15 is 0 Å². The van der Waals surface area contributed by atoms with Gasteiger partial charge in [0.25, 0.3) is 0 Å². The number of aliphatic hydroxyl groups is 1. The maximum atomic E-state index is 9.57. The lowest BCUT2D eigenvalue weighted by molar-refractivity contribution is 0.0857. The van der Waals surface area contributed by atoms with Gasteiger partial charge in [0.15, 0.2) is 0 Å². The van der Waals surface area contributed by atoms with Gasteiger partial charge in [-0.2, -0.15) is 0 Å². The monoisotopic (exact) mass is 299 g/mol. The molecule has 0 saturated carbocycles. The van der Waals surface area contributed by atoms with Gasteiger partial charge in [-0.05, 0) is 52.7 Å². The number of nitrogens with zero attached hydrogens (tertiary/aromatic N) is 2. The summed E-state index contributed by atoms with van der Waals surface area (Å²) in [6, 6.07) is 0.692. The van der Waals surface area contributed by atoms with E-state index < -0.39 is 0 Å². The summed E-state index contributed by atoms with van der Waals surface area (Å²) in [6.45, 7) is 16.1. The molecule has 1 aliphatic heterocycles. The fraction of sp³-hybridized carbons (Fsp3) is 1.00. The molecule has 2 atom stereocenters. The van der Waals surface area contributed by atoms with Crippen molar-refractivity contribution in [1.29, 1.82) is 0 Å². The SMILES string of the molecule is CCCNC(C)(CO)CCCCN1CCN(CC)C(C)C1. The third-order valence-electron chi connectivity index (χ3n) is 4.86. The Morgan fingerprint density at radius 1 is 1.24 bits per heavy atom. The fourth-order valence-corrected chi connectivity index (χ4v) is 3.24. The third-order valence-corrected chi connectivity index (χ3v) is 4.86. The van der Waals surface area contributed by atoms with Gasteiger partial charge in [-0.25, -0.2) is 0 Å². The van der Waals surface area contributed by atoms with Crippen LogP contribution in [-0.4, -0.2) is 72.4 Å². The molecule has 2 N–H and O–H groups in total. The van der Waals surface area contributed by atoms with Gasteiger partial charge in [0.2, 0.25) is 0 Å². The Balaban J connectivity index is 2.19. The smallest absolute Gasteiger partial charge is 0.0610 e. The normalized spacial score (nSPS) is 24.1. The first-order valence-electron chi connectivity index (χ1n) is 8.87. The Morgan fingerprint density at radius 2 is 2.00 bits per heavy atom. The lowest BCUT2D eigenvalue weighted by Gasteiger charge is -2.39. The van der Waals surface area contributed by atoms with Crippen molar-refractivity contribution in [2.24, 2.45) is 0 Å². The lowest BCUT2D eigenvalue weighted by Crippen LogP contribution is -2.51. The zero-order valence-electron chi connectivity index (χ0n) is 14.7. The molecule has 1 fully saturated rings. The molecule has 1 aliphatic rings. The number of unbranched alkanes of at least 4 members (excludes halogenated alkanes) is 1. The number of likely N-dealkylation sites (N-methyl/N-ethyl adjacent to an activating group) is 1. The van der Waals surface area contributed by atoms with E-state index in [9.17, 15) is 5.11 Å². The van der Waals surface area contributed by atoms with Crippen LogP contribution in [0.15, 0.2) is 0 Å².